The number of thiocarbonyl (C=S) groups is 1. The zero-order valence-electron chi connectivity index (χ0n) is 20.0. The highest BCUT2D eigenvalue weighted by molar-refractivity contribution is 7.81. The summed E-state index contributed by atoms with van der Waals surface area (Å²) in [5.74, 6) is 0.549. The Morgan fingerprint density at radius 2 is 1.58 bits per heavy atom. The average Bonchev–Trinajstić information content (AvgIpc) is 2.83. The molecule has 1 aromatic heterocycles. The second-order valence-electron chi connectivity index (χ2n) is 9.31. The first-order valence-corrected chi connectivity index (χ1v) is 11.7. The summed E-state index contributed by atoms with van der Waals surface area (Å²) in [7, 11) is 0. The lowest BCUT2D eigenvalue weighted by Crippen LogP contribution is -2.40. The van der Waals surface area contributed by atoms with E-state index in [1.54, 1.807) is 35.2 Å². The van der Waals surface area contributed by atoms with Gasteiger partial charge in [0.1, 0.15) is 13.2 Å². The number of halogens is 3. The Labute approximate surface area is 212 Å². The predicted molar refractivity (Wildman–Crippen MR) is 134 cm³/mol. The summed E-state index contributed by atoms with van der Waals surface area (Å²) in [6, 6.07) is 13.2. The van der Waals surface area contributed by atoms with E-state index < -0.39 is 17.5 Å². The quantitative estimate of drug-likeness (QED) is 0.225. The van der Waals surface area contributed by atoms with E-state index in [9.17, 15) is 18.3 Å². The maximum absolute atomic E-state index is 13.7. The first kappa shape index (κ1) is 25.5. The van der Waals surface area contributed by atoms with Crippen LogP contribution in [0.15, 0.2) is 67.0 Å². The Balaban J connectivity index is 1.77. The molecule has 3 aromatic rings. The Hall–Kier alpha value is -3.59. The van der Waals surface area contributed by atoms with Crippen LogP contribution in [0.1, 0.15) is 37.5 Å². The summed E-state index contributed by atoms with van der Waals surface area (Å²) < 4.78 is 52.3. The summed E-state index contributed by atoms with van der Waals surface area (Å²) in [5, 5.41) is 16.5. The molecule has 9 heteroatoms. The summed E-state index contributed by atoms with van der Waals surface area (Å²) in [5.41, 5.74) is 0.609. The van der Waals surface area contributed by atoms with Gasteiger partial charge in [-0.2, -0.15) is 17.7 Å². The van der Waals surface area contributed by atoms with Crippen LogP contribution < -0.4 is 24.5 Å². The lowest BCUT2D eigenvalue weighted by Gasteiger charge is -2.22. The van der Waals surface area contributed by atoms with E-state index in [2.05, 4.69) is 26.1 Å². The number of aromatic nitrogens is 1. The Bertz CT molecular complexity index is 1310. The van der Waals surface area contributed by atoms with Gasteiger partial charge in [0.2, 0.25) is 5.70 Å². The van der Waals surface area contributed by atoms with Crippen LogP contribution in [0.5, 0.6) is 11.5 Å². The van der Waals surface area contributed by atoms with E-state index in [0.29, 0.717) is 30.3 Å². The van der Waals surface area contributed by atoms with Crippen molar-refractivity contribution in [2.24, 2.45) is 0 Å². The number of anilines is 1. The molecule has 2 heterocycles. The Kier molecular flexibility index (Phi) is 6.95. The normalized spacial score (nSPS) is 14.2. The second kappa shape index (κ2) is 9.81. The van der Waals surface area contributed by atoms with Crippen molar-refractivity contribution in [1.82, 2.24) is 0 Å². The highest BCUT2D eigenvalue weighted by Gasteiger charge is 2.31. The van der Waals surface area contributed by atoms with Crippen LogP contribution in [-0.4, -0.2) is 18.2 Å². The molecular weight excluding hydrogens is 489 g/mol. The molecule has 0 saturated heterocycles. The summed E-state index contributed by atoms with van der Waals surface area (Å²) >= 11 is 5.55. The van der Waals surface area contributed by atoms with Crippen molar-refractivity contribution in [2.45, 2.75) is 32.4 Å². The van der Waals surface area contributed by atoms with Crippen LogP contribution >= 0.6 is 12.2 Å². The molecule has 0 bridgehead atoms. The molecule has 1 aliphatic rings. The molecule has 1 N–H and O–H groups in total. The number of ether oxygens (including phenoxy) is 2. The zero-order valence-corrected chi connectivity index (χ0v) is 20.8. The highest BCUT2D eigenvalue weighted by Crippen LogP contribution is 2.33. The third-order valence-corrected chi connectivity index (χ3v) is 5.93. The molecule has 0 unspecified atom stereocenters. The molecule has 0 saturated carbocycles. The number of hydrogen-bond donors (Lipinski definition) is 1. The molecule has 0 spiro atoms. The number of nitrogens with one attached hydrogen (secondary N) is 1. The van der Waals surface area contributed by atoms with Gasteiger partial charge in [0.05, 0.1) is 5.56 Å². The van der Waals surface area contributed by atoms with Gasteiger partial charge < -0.3 is 19.9 Å². The molecule has 2 aromatic carbocycles. The molecule has 0 aliphatic carbocycles. The van der Waals surface area contributed by atoms with Gasteiger partial charge in [-0.25, -0.2) is 0 Å². The predicted octanol–water partition coefficient (Wildman–Crippen LogP) is 5.19. The van der Waals surface area contributed by atoms with E-state index in [4.69, 9.17) is 21.7 Å². The van der Waals surface area contributed by atoms with Gasteiger partial charge in [0, 0.05) is 17.8 Å². The van der Waals surface area contributed by atoms with E-state index in [0.717, 1.165) is 17.7 Å². The molecule has 0 amide bonds. The van der Waals surface area contributed by atoms with Crippen LogP contribution in [0.25, 0.3) is 11.5 Å². The molecule has 5 nitrogen and oxygen atoms in total. The van der Waals surface area contributed by atoms with E-state index in [1.165, 1.54) is 12.1 Å². The number of nitrogens with zero attached hydrogens (tertiary/aromatic N) is 1. The Morgan fingerprint density at radius 1 is 0.917 bits per heavy atom. The Morgan fingerprint density at radius 3 is 2.22 bits per heavy atom. The van der Waals surface area contributed by atoms with Crippen molar-refractivity contribution >= 4 is 34.3 Å². The average molecular weight is 515 g/mol. The lowest BCUT2D eigenvalue weighted by molar-refractivity contribution is -0.577. The fraction of sp³-hybridized carbons (Fsp3) is 0.259. The molecule has 188 valence electrons. The first-order chi connectivity index (χ1) is 16.9. The third kappa shape index (κ3) is 5.62. The number of pyridine rings is 1. The smallest absolute Gasteiger partial charge is 0.416 e. The number of rotatable bonds is 4. The van der Waals surface area contributed by atoms with Gasteiger partial charge in [-0.3, -0.25) is 0 Å². The van der Waals surface area contributed by atoms with Gasteiger partial charge in [-0.05, 0) is 52.6 Å². The topological polar surface area (TPSA) is 57.4 Å². The van der Waals surface area contributed by atoms with Crippen molar-refractivity contribution in [3.05, 3.63) is 83.7 Å². The lowest BCUT2D eigenvalue weighted by atomic mass is 9.88. The fourth-order valence-corrected chi connectivity index (χ4v) is 4.01. The summed E-state index contributed by atoms with van der Waals surface area (Å²) in [4.78, 5) is -0.0253. The van der Waals surface area contributed by atoms with Gasteiger partial charge in [-0.1, -0.05) is 45.1 Å². The van der Waals surface area contributed by atoms with E-state index in [-0.39, 0.29) is 21.8 Å². The van der Waals surface area contributed by atoms with Crippen molar-refractivity contribution in [2.75, 3.05) is 18.5 Å². The molecule has 36 heavy (non-hydrogen) atoms. The van der Waals surface area contributed by atoms with Crippen molar-refractivity contribution in [3.8, 4) is 11.5 Å². The maximum atomic E-state index is 13.7. The SMILES string of the molecule is CC(C)(C)c1cc[n+](C(C(=S)Nc2cccc(C(F)(F)F)c2)=C([O-])c2ccc3c(c2)OCCO3)cc1. The van der Waals surface area contributed by atoms with Crippen molar-refractivity contribution in [1.29, 1.82) is 0 Å². The molecule has 0 radical (unpaired) electrons. The maximum Gasteiger partial charge on any atom is 0.416 e. The van der Waals surface area contributed by atoms with Gasteiger partial charge in [0.15, 0.2) is 28.9 Å². The first-order valence-electron chi connectivity index (χ1n) is 11.3. The molecular formula is C27H25F3N2O3S. The number of hydrogen-bond acceptors (Lipinski definition) is 4. The van der Waals surface area contributed by atoms with Gasteiger partial charge >= 0.3 is 6.18 Å². The number of alkyl halides is 3. The fourth-order valence-electron chi connectivity index (χ4n) is 3.70. The minimum atomic E-state index is -4.51. The summed E-state index contributed by atoms with van der Waals surface area (Å²) in [6.45, 7) is 6.98. The second-order valence-corrected chi connectivity index (χ2v) is 9.72. The molecule has 1 aliphatic heterocycles. The van der Waals surface area contributed by atoms with Gasteiger partial charge in [0.25, 0.3) is 0 Å². The minimum Gasteiger partial charge on any atom is -0.867 e. The largest absolute Gasteiger partial charge is 0.867 e. The zero-order chi connectivity index (χ0) is 26.1. The van der Waals surface area contributed by atoms with Crippen LogP contribution in [0.3, 0.4) is 0 Å². The summed E-state index contributed by atoms with van der Waals surface area (Å²) in [6.07, 6.45) is -1.08. The standard InChI is InChI=1S/C27H25F3N2O3S/c1-26(2,3)18-9-11-32(12-10-18)23(24(33)17-7-8-21-22(15-17)35-14-13-34-21)25(36)31-20-6-4-5-19(16-20)27(28,29)30/h4-12,15-16H,13-14H2,1-3H3,(H-,31,33,36). The van der Waals surface area contributed by atoms with Crippen molar-refractivity contribution in [3.63, 3.8) is 0 Å². The van der Waals surface area contributed by atoms with E-state index >= 15 is 0 Å². The highest BCUT2D eigenvalue weighted by atomic mass is 32.1. The third-order valence-electron chi connectivity index (χ3n) is 5.64. The number of fused-ring (bicyclic) bond motifs is 1. The molecule has 0 atom stereocenters. The van der Waals surface area contributed by atoms with Crippen LogP contribution in [-0.2, 0) is 11.6 Å². The van der Waals surface area contributed by atoms with Gasteiger partial charge in [-0.15, -0.1) is 0 Å². The minimum absolute atomic E-state index is 0.0253. The monoisotopic (exact) mass is 514 g/mol. The van der Waals surface area contributed by atoms with E-state index in [1.807, 2.05) is 12.1 Å². The van der Waals surface area contributed by atoms with Crippen molar-refractivity contribution < 1.29 is 32.3 Å². The molecule has 4 rings (SSSR count). The van der Waals surface area contributed by atoms with Crippen LogP contribution in [0.2, 0.25) is 0 Å². The van der Waals surface area contributed by atoms with Crippen LogP contribution in [0.4, 0.5) is 18.9 Å². The van der Waals surface area contributed by atoms with Crippen LogP contribution in [0, 0.1) is 0 Å². The molecule has 0 fully saturated rings. The number of benzene rings is 2.